The van der Waals surface area contributed by atoms with Crippen molar-refractivity contribution in [1.82, 2.24) is 0 Å². The van der Waals surface area contributed by atoms with E-state index in [-0.39, 0.29) is 0 Å². The molecule has 2 aromatic carbocycles. The SMILES string of the molecule is CC(=O)O[Te]1(OC(C)=O)c2ccccc2-c2ccccc21. The second-order valence-electron chi connectivity index (χ2n) is 4.65. The van der Waals surface area contributed by atoms with Crippen LogP contribution in [-0.2, 0) is 15.8 Å². The van der Waals surface area contributed by atoms with Crippen molar-refractivity contribution in [3.8, 4) is 11.1 Å². The molecule has 0 bridgehead atoms. The summed E-state index contributed by atoms with van der Waals surface area (Å²) >= 11 is -3.96. The summed E-state index contributed by atoms with van der Waals surface area (Å²) in [6.45, 7) is 2.70. The molecule has 0 N–H and O–H groups in total. The summed E-state index contributed by atoms with van der Waals surface area (Å²) in [6, 6.07) is 15.3. The van der Waals surface area contributed by atoms with Crippen molar-refractivity contribution in [1.29, 1.82) is 0 Å². The summed E-state index contributed by atoms with van der Waals surface area (Å²) in [4.78, 5) is 23.3. The predicted octanol–water partition coefficient (Wildman–Crippen LogP) is 1.35. The van der Waals surface area contributed by atoms with Crippen molar-refractivity contribution in [3.05, 3.63) is 48.5 Å². The van der Waals surface area contributed by atoms with Crippen molar-refractivity contribution in [2.24, 2.45) is 0 Å². The summed E-state index contributed by atoms with van der Waals surface area (Å²) in [6.07, 6.45) is 0. The number of hydrogen-bond acceptors (Lipinski definition) is 4. The molecule has 1 aliphatic rings. The van der Waals surface area contributed by atoms with Crippen molar-refractivity contribution in [3.63, 3.8) is 0 Å². The second-order valence-corrected chi connectivity index (χ2v) is 11.0. The van der Waals surface area contributed by atoms with Crippen LogP contribution in [0.2, 0.25) is 0 Å². The molecule has 0 spiro atoms. The maximum absolute atomic E-state index is 11.6. The van der Waals surface area contributed by atoms with E-state index in [0.717, 1.165) is 18.3 Å². The summed E-state index contributed by atoms with van der Waals surface area (Å²) < 4.78 is 13.0. The Bertz CT molecular complexity index is 675. The van der Waals surface area contributed by atoms with Gasteiger partial charge in [0.2, 0.25) is 0 Å². The Labute approximate surface area is 127 Å². The summed E-state index contributed by atoms with van der Waals surface area (Å²) in [5.74, 6) is -0.854. The van der Waals surface area contributed by atoms with Crippen LogP contribution in [0.1, 0.15) is 13.8 Å². The van der Waals surface area contributed by atoms with Crippen molar-refractivity contribution in [2.45, 2.75) is 13.8 Å². The van der Waals surface area contributed by atoms with Crippen LogP contribution in [-0.4, -0.2) is 30.9 Å². The van der Waals surface area contributed by atoms with Gasteiger partial charge in [0.1, 0.15) is 0 Å². The molecule has 1 heterocycles. The molecule has 0 aliphatic carbocycles. The van der Waals surface area contributed by atoms with Crippen LogP contribution in [0, 0.1) is 0 Å². The third-order valence-electron chi connectivity index (χ3n) is 3.11. The average molecular weight is 398 g/mol. The van der Waals surface area contributed by atoms with Crippen LogP contribution in [0.5, 0.6) is 0 Å². The van der Waals surface area contributed by atoms with Crippen molar-refractivity contribution < 1.29 is 15.8 Å². The number of rotatable bonds is 2. The van der Waals surface area contributed by atoms with Gasteiger partial charge in [0, 0.05) is 0 Å². The topological polar surface area (TPSA) is 52.6 Å². The zero-order chi connectivity index (χ0) is 15.0. The summed E-state index contributed by atoms with van der Waals surface area (Å²) in [5.41, 5.74) is 1.97. The van der Waals surface area contributed by atoms with Crippen molar-refractivity contribution >= 4 is 38.2 Å². The van der Waals surface area contributed by atoms with E-state index in [1.807, 2.05) is 48.5 Å². The van der Waals surface area contributed by atoms with Gasteiger partial charge in [0.05, 0.1) is 0 Å². The first-order valence-electron chi connectivity index (χ1n) is 6.46. The van der Waals surface area contributed by atoms with Gasteiger partial charge < -0.3 is 0 Å². The number of benzene rings is 2. The first-order chi connectivity index (χ1) is 10.0. The van der Waals surface area contributed by atoms with Gasteiger partial charge in [-0.2, -0.15) is 0 Å². The van der Waals surface area contributed by atoms with Crippen LogP contribution < -0.4 is 7.22 Å². The number of hydrogen-bond donors (Lipinski definition) is 0. The van der Waals surface area contributed by atoms with E-state index in [4.69, 9.17) is 6.20 Å². The fourth-order valence-electron chi connectivity index (χ4n) is 2.49. The third kappa shape index (κ3) is 2.23. The number of carbonyl (C=O) groups excluding carboxylic acids is 2. The second kappa shape index (κ2) is 5.18. The summed E-state index contributed by atoms with van der Waals surface area (Å²) in [7, 11) is 0. The molecule has 0 saturated carbocycles. The fourth-order valence-corrected chi connectivity index (χ4v) is 10.3. The van der Waals surface area contributed by atoms with Gasteiger partial charge in [0.25, 0.3) is 0 Å². The molecule has 0 radical (unpaired) electrons. The van der Waals surface area contributed by atoms with E-state index in [2.05, 4.69) is 0 Å². The molecule has 0 aromatic heterocycles. The molecule has 0 atom stereocenters. The normalized spacial score (nSPS) is 15.5. The quantitative estimate of drug-likeness (QED) is 0.718. The third-order valence-corrected chi connectivity index (χ3v) is 11.1. The maximum atomic E-state index is 11.6. The Morgan fingerprint density at radius 3 is 1.52 bits per heavy atom. The van der Waals surface area contributed by atoms with E-state index in [0.29, 0.717) is 0 Å². The van der Waals surface area contributed by atoms with Crippen LogP contribution in [0.3, 0.4) is 0 Å². The Kier molecular flexibility index (Phi) is 3.48. The first kappa shape index (κ1) is 14.1. The molecular formula is C16H14O4Te. The van der Waals surface area contributed by atoms with Gasteiger partial charge in [-0.05, 0) is 0 Å². The molecule has 4 nitrogen and oxygen atoms in total. The minimum absolute atomic E-state index is 0.427. The van der Waals surface area contributed by atoms with E-state index < -0.39 is 30.9 Å². The Morgan fingerprint density at radius 2 is 1.14 bits per heavy atom. The average Bonchev–Trinajstić information content (AvgIpc) is 2.70. The van der Waals surface area contributed by atoms with Crippen LogP contribution >= 0.6 is 0 Å². The number of carbonyl (C=O) groups is 2. The van der Waals surface area contributed by atoms with Gasteiger partial charge in [-0.15, -0.1) is 0 Å². The molecule has 0 unspecified atom stereocenters. The summed E-state index contributed by atoms with van der Waals surface area (Å²) in [5, 5.41) is 0. The Morgan fingerprint density at radius 1 is 0.762 bits per heavy atom. The van der Waals surface area contributed by atoms with Crippen LogP contribution in [0.25, 0.3) is 11.1 Å². The van der Waals surface area contributed by atoms with Gasteiger partial charge in [-0.1, -0.05) is 0 Å². The van der Waals surface area contributed by atoms with E-state index in [9.17, 15) is 9.59 Å². The molecular weight excluding hydrogens is 384 g/mol. The van der Waals surface area contributed by atoms with Crippen molar-refractivity contribution in [2.75, 3.05) is 0 Å². The van der Waals surface area contributed by atoms with E-state index in [1.54, 1.807) is 0 Å². The van der Waals surface area contributed by atoms with E-state index >= 15 is 0 Å². The zero-order valence-electron chi connectivity index (χ0n) is 11.7. The monoisotopic (exact) mass is 400 g/mol. The van der Waals surface area contributed by atoms with Crippen LogP contribution in [0.15, 0.2) is 48.5 Å². The van der Waals surface area contributed by atoms with Crippen LogP contribution in [0.4, 0.5) is 0 Å². The Hall–Kier alpha value is -1.83. The molecule has 2 aromatic rings. The Balaban J connectivity index is 2.31. The molecule has 21 heavy (non-hydrogen) atoms. The molecule has 0 amide bonds. The molecule has 0 fully saturated rings. The molecule has 1 aliphatic heterocycles. The minimum atomic E-state index is -3.96. The van der Waals surface area contributed by atoms with Gasteiger partial charge in [-0.3, -0.25) is 0 Å². The number of fused-ring (bicyclic) bond motifs is 3. The molecule has 3 rings (SSSR count). The van der Waals surface area contributed by atoms with Gasteiger partial charge in [0.15, 0.2) is 0 Å². The van der Waals surface area contributed by atoms with Gasteiger partial charge >= 0.3 is 127 Å². The fraction of sp³-hybridized carbons (Fsp3) is 0.125. The molecule has 108 valence electrons. The predicted molar refractivity (Wildman–Crippen MR) is 80.4 cm³/mol. The first-order valence-corrected chi connectivity index (χ1v) is 10.7. The van der Waals surface area contributed by atoms with Gasteiger partial charge in [-0.25, -0.2) is 0 Å². The molecule has 5 heteroatoms. The van der Waals surface area contributed by atoms with E-state index in [1.165, 1.54) is 13.8 Å². The standard InChI is InChI=1S/C16H14O4Te/c1-11(17)19-21(20-12(2)18)15-9-5-3-7-13(15)14-8-4-6-10-16(14)21/h3-10H,1-2H3. The zero-order valence-corrected chi connectivity index (χ0v) is 14.0. The molecule has 0 saturated heterocycles.